The minimum Gasteiger partial charge on any atom is -0.160 e. The zero-order valence-corrected chi connectivity index (χ0v) is 7.67. The number of rotatable bonds is 1. The summed E-state index contributed by atoms with van der Waals surface area (Å²) in [4.78, 5) is 0.182. The minimum absolute atomic E-state index is 0.121. The summed E-state index contributed by atoms with van der Waals surface area (Å²) >= 11 is -0.121. The fourth-order valence-corrected chi connectivity index (χ4v) is 1.59. The van der Waals surface area contributed by atoms with Crippen molar-refractivity contribution >= 4 is 27.2 Å². The molecule has 0 aromatic heterocycles. The highest BCUT2D eigenvalue weighted by molar-refractivity contribution is 8.00. The predicted molar refractivity (Wildman–Crippen MR) is 43.7 cm³/mol. The number of hydrogen-bond acceptors (Lipinski definition) is 1. The molecule has 0 fully saturated rings. The largest absolute Gasteiger partial charge is 0.446 e. The van der Waals surface area contributed by atoms with E-state index >= 15 is 0 Å². The fraction of sp³-hybridized carbons (Fsp3) is 0.143. The Morgan fingerprint density at radius 3 is 2.25 bits per heavy atom. The van der Waals surface area contributed by atoms with Gasteiger partial charge in [-0.05, 0) is 17.8 Å². The van der Waals surface area contributed by atoms with E-state index in [0.29, 0.717) is 5.19 Å². The van der Waals surface area contributed by atoms with Crippen LogP contribution in [-0.2, 0) is 0 Å². The first kappa shape index (κ1) is 9.66. The zero-order chi connectivity index (χ0) is 9.19. The second kappa shape index (κ2) is 3.53. The average Bonchev–Trinajstić information content (AvgIpc) is 1.91. The van der Waals surface area contributed by atoms with Gasteiger partial charge in [0.2, 0.25) is 0 Å². The lowest BCUT2D eigenvalue weighted by Crippen LogP contribution is -2.09. The Morgan fingerprint density at radius 2 is 1.75 bits per heavy atom. The molecule has 5 heteroatoms. The number of benzene rings is 1. The van der Waals surface area contributed by atoms with E-state index in [1.807, 2.05) is 0 Å². The summed E-state index contributed by atoms with van der Waals surface area (Å²) in [5, 5.41) is 0.458. The van der Waals surface area contributed by atoms with Gasteiger partial charge < -0.3 is 0 Å². The Bertz CT molecular complexity index is 272. The maximum absolute atomic E-state index is 11.9. The van der Waals surface area contributed by atoms with Crippen LogP contribution in [0.15, 0.2) is 29.2 Å². The molecule has 0 bridgehead atoms. The topological polar surface area (TPSA) is 0 Å². The molecule has 0 heterocycles. The molecule has 0 saturated heterocycles. The van der Waals surface area contributed by atoms with Crippen molar-refractivity contribution in [3.05, 3.63) is 24.3 Å². The summed E-state index contributed by atoms with van der Waals surface area (Å²) in [5.41, 5.74) is -4.22. The van der Waals surface area contributed by atoms with Crippen molar-refractivity contribution in [3.8, 4) is 0 Å². The van der Waals surface area contributed by atoms with E-state index in [4.69, 9.17) is 0 Å². The average molecular weight is 205 g/mol. The summed E-state index contributed by atoms with van der Waals surface area (Å²) in [6, 6.07) is 6.23. The SMILES string of the molecule is FC(F)(F)Sc1ccccc1[Si]. The summed E-state index contributed by atoms with van der Waals surface area (Å²) in [5.74, 6) is 0. The quantitative estimate of drug-likeness (QED) is 0.499. The molecular weight excluding hydrogens is 201 g/mol. The molecule has 63 valence electrons. The van der Waals surface area contributed by atoms with Gasteiger partial charge in [-0.25, -0.2) is 0 Å². The van der Waals surface area contributed by atoms with Gasteiger partial charge in [0.25, 0.3) is 0 Å². The molecule has 1 rings (SSSR count). The van der Waals surface area contributed by atoms with Gasteiger partial charge in [0.05, 0.1) is 10.2 Å². The van der Waals surface area contributed by atoms with E-state index in [-0.39, 0.29) is 16.7 Å². The van der Waals surface area contributed by atoms with Gasteiger partial charge in [0.1, 0.15) is 0 Å². The molecule has 0 N–H and O–H groups in total. The minimum atomic E-state index is -4.22. The molecule has 0 aliphatic rings. The first-order chi connectivity index (χ1) is 5.49. The monoisotopic (exact) mass is 205 g/mol. The van der Waals surface area contributed by atoms with Crippen molar-refractivity contribution in [2.45, 2.75) is 10.4 Å². The van der Waals surface area contributed by atoms with Crippen LogP contribution in [0, 0.1) is 0 Å². The molecule has 0 spiro atoms. The van der Waals surface area contributed by atoms with Crippen LogP contribution in [0.5, 0.6) is 0 Å². The van der Waals surface area contributed by atoms with E-state index in [2.05, 4.69) is 10.2 Å². The second-order valence-electron chi connectivity index (χ2n) is 2.04. The maximum Gasteiger partial charge on any atom is 0.446 e. The van der Waals surface area contributed by atoms with Gasteiger partial charge in [0.15, 0.2) is 0 Å². The Kier molecular flexibility index (Phi) is 2.84. The van der Waals surface area contributed by atoms with Gasteiger partial charge in [-0.15, -0.1) is 0 Å². The van der Waals surface area contributed by atoms with Gasteiger partial charge in [0, 0.05) is 4.90 Å². The van der Waals surface area contributed by atoms with Gasteiger partial charge >= 0.3 is 5.51 Å². The number of halogens is 3. The molecule has 1 aromatic carbocycles. The van der Waals surface area contributed by atoms with Crippen molar-refractivity contribution < 1.29 is 13.2 Å². The predicted octanol–water partition coefficient (Wildman–Crippen LogP) is 2.09. The smallest absolute Gasteiger partial charge is 0.160 e. The Balaban J connectivity index is 2.83. The molecule has 0 unspecified atom stereocenters. The number of thioether (sulfide) groups is 1. The number of hydrogen-bond donors (Lipinski definition) is 0. The Morgan fingerprint density at radius 1 is 1.17 bits per heavy atom. The summed E-state index contributed by atoms with van der Waals surface area (Å²) < 4.78 is 35.6. The van der Waals surface area contributed by atoms with Crippen molar-refractivity contribution in [3.63, 3.8) is 0 Å². The third-order valence-electron chi connectivity index (χ3n) is 1.11. The van der Waals surface area contributed by atoms with Crippen LogP contribution in [0.2, 0.25) is 0 Å². The Hall–Kier alpha value is -0.423. The molecular formula is C7H4F3SSi. The highest BCUT2D eigenvalue weighted by atomic mass is 32.2. The molecule has 0 amide bonds. The second-order valence-corrected chi connectivity index (χ2v) is 3.69. The lowest BCUT2D eigenvalue weighted by atomic mass is 10.4. The van der Waals surface area contributed by atoms with Crippen LogP contribution >= 0.6 is 11.8 Å². The summed E-state index contributed by atoms with van der Waals surface area (Å²) in [7, 11) is 3.08. The highest BCUT2D eigenvalue weighted by Gasteiger charge is 2.29. The van der Waals surface area contributed by atoms with E-state index in [0.717, 1.165) is 0 Å². The zero-order valence-electron chi connectivity index (χ0n) is 5.85. The van der Waals surface area contributed by atoms with Crippen molar-refractivity contribution in [2.75, 3.05) is 0 Å². The molecule has 0 saturated carbocycles. The van der Waals surface area contributed by atoms with Crippen molar-refractivity contribution in [1.82, 2.24) is 0 Å². The highest BCUT2D eigenvalue weighted by Crippen LogP contribution is 2.35. The molecule has 0 nitrogen and oxygen atoms in total. The maximum atomic E-state index is 11.9. The van der Waals surface area contributed by atoms with Gasteiger partial charge in [-0.3, -0.25) is 0 Å². The Labute approximate surface area is 75.6 Å². The number of alkyl halides is 3. The van der Waals surface area contributed by atoms with Crippen LogP contribution < -0.4 is 5.19 Å². The van der Waals surface area contributed by atoms with Gasteiger partial charge in [-0.2, -0.15) is 13.2 Å². The third kappa shape index (κ3) is 2.90. The lowest BCUT2D eigenvalue weighted by Gasteiger charge is -2.07. The van der Waals surface area contributed by atoms with E-state index in [1.165, 1.54) is 6.07 Å². The summed E-state index contributed by atoms with van der Waals surface area (Å²) in [6.45, 7) is 0. The first-order valence-electron chi connectivity index (χ1n) is 3.05. The molecule has 0 atom stereocenters. The third-order valence-corrected chi connectivity index (χ3v) is 2.54. The molecule has 1 aromatic rings. The summed E-state index contributed by atoms with van der Waals surface area (Å²) in [6.07, 6.45) is 0. The van der Waals surface area contributed by atoms with Crippen molar-refractivity contribution in [1.29, 1.82) is 0 Å². The van der Waals surface area contributed by atoms with E-state index in [9.17, 15) is 13.2 Å². The van der Waals surface area contributed by atoms with Crippen LogP contribution in [0.3, 0.4) is 0 Å². The first-order valence-corrected chi connectivity index (χ1v) is 4.37. The lowest BCUT2D eigenvalue weighted by molar-refractivity contribution is -0.0327. The van der Waals surface area contributed by atoms with E-state index < -0.39 is 5.51 Å². The molecule has 0 aliphatic heterocycles. The van der Waals surface area contributed by atoms with Crippen LogP contribution in [0.4, 0.5) is 13.2 Å². The van der Waals surface area contributed by atoms with Crippen molar-refractivity contribution in [2.24, 2.45) is 0 Å². The fourth-order valence-electron chi connectivity index (χ4n) is 0.680. The van der Waals surface area contributed by atoms with Crippen LogP contribution in [-0.4, -0.2) is 15.8 Å². The molecule has 3 radical (unpaired) electrons. The van der Waals surface area contributed by atoms with Gasteiger partial charge in [-0.1, -0.05) is 23.4 Å². The van der Waals surface area contributed by atoms with Crippen LogP contribution in [0.25, 0.3) is 0 Å². The normalized spacial score (nSPS) is 11.7. The molecule has 0 aliphatic carbocycles. The molecule has 12 heavy (non-hydrogen) atoms. The van der Waals surface area contributed by atoms with E-state index in [1.54, 1.807) is 18.2 Å². The van der Waals surface area contributed by atoms with Crippen LogP contribution in [0.1, 0.15) is 0 Å². The standard InChI is InChI=1S/C7H4F3SSi/c8-7(9,10)11-5-3-1-2-4-6(5)12/h1-4H.